The van der Waals surface area contributed by atoms with Crippen LogP contribution in [0.2, 0.25) is 0 Å². The van der Waals surface area contributed by atoms with Gasteiger partial charge in [0.25, 0.3) is 5.91 Å². The van der Waals surface area contributed by atoms with Crippen molar-refractivity contribution in [1.29, 1.82) is 0 Å². The molecule has 0 fully saturated rings. The normalized spacial score (nSPS) is 12.5. The number of carbonyl (C=O) groups excluding carboxylic acids is 2. The van der Waals surface area contributed by atoms with Crippen molar-refractivity contribution >= 4 is 27.7 Å². The lowest BCUT2D eigenvalue weighted by Crippen LogP contribution is -2.50. The van der Waals surface area contributed by atoms with E-state index < -0.39 is 6.04 Å². The SMILES string of the molecule is COc1cc(Br)ccc1C(=O)NC(C)C(=O)NC(C)(C)C. The minimum atomic E-state index is -0.634. The Labute approximate surface area is 133 Å². The van der Waals surface area contributed by atoms with Crippen LogP contribution in [0.1, 0.15) is 38.1 Å². The van der Waals surface area contributed by atoms with Crippen molar-refractivity contribution in [3.8, 4) is 5.75 Å². The Morgan fingerprint density at radius 3 is 2.43 bits per heavy atom. The zero-order chi connectivity index (χ0) is 16.2. The summed E-state index contributed by atoms with van der Waals surface area (Å²) in [6.45, 7) is 7.30. The van der Waals surface area contributed by atoms with Gasteiger partial charge in [0, 0.05) is 10.0 Å². The highest BCUT2D eigenvalue weighted by Gasteiger charge is 2.22. The molecule has 116 valence electrons. The Kier molecular flexibility index (Phi) is 5.78. The van der Waals surface area contributed by atoms with E-state index in [2.05, 4.69) is 26.6 Å². The Morgan fingerprint density at radius 2 is 1.90 bits per heavy atom. The van der Waals surface area contributed by atoms with Crippen molar-refractivity contribution in [3.05, 3.63) is 28.2 Å². The summed E-state index contributed by atoms with van der Waals surface area (Å²) in [7, 11) is 1.49. The molecule has 0 saturated carbocycles. The molecule has 1 atom stereocenters. The van der Waals surface area contributed by atoms with Gasteiger partial charge in [-0.05, 0) is 45.9 Å². The molecule has 1 aromatic rings. The van der Waals surface area contributed by atoms with Crippen molar-refractivity contribution in [3.63, 3.8) is 0 Å². The Morgan fingerprint density at radius 1 is 1.29 bits per heavy atom. The van der Waals surface area contributed by atoms with E-state index in [1.807, 2.05) is 20.8 Å². The average Bonchev–Trinajstić information content (AvgIpc) is 2.36. The molecule has 0 spiro atoms. The van der Waals surface area contributed by atoms with E-state index in [-0.39, 0.29) is 17.4 Å². The zero-order valence-electron chi connectivity index (χ0n) is 12.9. The lowest BCUT2D eigenvalue weighted by atomic mass is 10.1. The zero-order valence-corrected chi connectivity index (χ0v) is 14.5. The van der Waals surface area contributed by atoms with Gasteiger partial charge in [0.2, 0.25) is 5.91 Å². The number of halogens is 1. The number of benzene rings is 1. The molecule has 1 unspecified atom stereocenters. The Hall–Kier alpha value is -1.56. The van der Waals surface area contributed by atoms with Crippen molar-refractivity contribution in [2.24, 2.45) is 0 Å². The molecule has 0 aliphatic carbocycles. The molecule has 2 N–H and O–H groups in total. The monoisotopic (exact) mass is 356 g/mol. The van der Waals surface area contributed by atoms with E-state index in [0.717, 1.165) is 4.47 Å². The smallest absolute Gasteiger partial charge is 0.255 e. The second-order valence-electron chi connectivity index (χ2n) is 5.78. The summed E-state index contributed by atoms with van der Waals surface area (Å²) in [5, 5.41) is 5.49. The standard InChI is InChI=1S/C15H21BrN2O3/c1-9(13(19)18-15(2,3)4)17-14(20)11-7-6-10(16)8-12(11)21-5/h6-9H,1-5H3,(H,17,20)(H,18,19). The number of methoxy groups -OCH3 is 1. The van der Waals surface area contributed by atoms with Crippen molar-refractivity contribution in [1.82, 2.24) is 10.6 Å². The van der Waals surface area contributed by atoms with Crippen LogP contribution in [0.25, 0.3) is 0 Å². The maximum atomic E-state index is 12.2. The summed E-state index contributed by atoms with van der Waals surface area (Å²) in [5.74, 6) is -0.131. The molecule has 1 rings (SSSR count). The number of rotatable bonds is 4. The minimum Gasteiger partial charge on any atom is -0.496 e. The molecule has 6 heteroatoms. The third-order valence-corrected chi connectivity index (χ3v) is 3.14. The lowest BCUT2D eigenvalue weighted by molar-refractivity contribution is -0.124. The van der Waals surface area contributed by atoms with Crippen molar-refractivity contribution in [2.75, 3.05) is 7.11 Å². The van der Waals surface area contributed by atoms with E-state index >= 15 is 0 Å². The summed E-state index contributed by atoms with van der Waals surface area (Å²) >= 11 is 3.32. The quantitative estimate of drug-likeness (QED) is 0.870. The molecule has 0 bridgehead atoms. The first kappa shape index (κ1) is 17.5. The molecule has 0 saturated heterocycles. The first-order chi connectivity index (χ1) is 9.64. The molecule has 21 heavy (non-hydrogen) atoms. The molecule has 1 aromatic carbocycles. The highest BCUT2D eigenvalue weighted by Crippen LogP contribution is 2.23. The average molecular weight is 357 g/mol. The third-order valence-electron chi connectivity index (χ3n) is 2.65. The second-order valence-corrected chi connectivity index (χ2v) is 6.69. The minimum absolute atomic E-state index is 0.230. The van der Waals surface area contributed by atoms with E-state index in [1.54, 1.807) is 25.1 Å². The molecule has 0 heterocycles. The molecule has 0 aromatic heterocycles. The van der Waals surface area contributed by atoms with Crippen LogP contribution >= 0.6 is 15.9 Å². The lowest BCUT2D eigenvalue weighted by Gasteiger charge is -2.23. The molecule has 0 aliphatic heterocycles. The maximum Gasteiger partial charge on any atom is 0.255 e. The van der Waals surface area contributed by atoms with Gasteiger partial charge in [-0.2, -0.15) is 0 Å². The van der Waals surface area contributed by atoms with Crippen LogP contribution in [0.5, 0.6) is 5.75 Å². The Balaban J connectivity index is 2.79. The van der Waals surface area contributed by atoms with Crippen LogP contribution in [-0.4, -0.2) is 30.5 Å². The fourth-order valence-corrected chi connectivity index (χ4v) is 2.01. The summed E-state index contributed by atoms with van der Waals surface area (Å²) < 4.78 is 5.99. The van der Waals surface area contributed by atoms with Gasteiger partial charge >= 0.3 is 0 Å². The number of carbonyl (C=O) groups is 2. The van der Waals surface area contributed by atoms with Gasteiger partial charge < -0.3 is 15.4 Å². The van der Waals surface area contributed by atoms with Crippen LogP contribution in [0.4, 0.5) is 0 Å². The Bertz CT molecular complexity index is 538. The molecular weight excluding hydrogens is 336 g/mol. The molecular formula is C15H21BrN2O3. The van der Waals surface area contributed by atoms with Crippen molar-refractivity contribution in [2.45, 2.75) is 39.3 Å². The van der Waals surface area contributed by atoms with Gasteiger partial charge in [0.05, 0.1) is 12.7 Å². The van der Waals surface area contributed by atoms with Crippen molar-refractivity contribution < 1.29 is 14.3 Å². The van der Waals surface area contributed by atoms with E-state index in [1.165, 1.54) is 7.11 Å². The summed E-state index contributed by atoms with van der Waals surface area (Å²) in [6, 6.07) is 4.46. The van der Waals surface area contributed by atoms with Gasteiger partial charge in [-0.3, -0.25) is 9.59 Å². The van der Waals surface area contributed by atoms with Crippen LogP contribution < -0.4 is 15.4 Å². The number of nitrogens with one attached hydrogen (secondary N) is 2. The molecule has 0 radical (unpaired) electrons. The van der Waals surface area contributed by atoms with Crippen LogP contribution in [0.15, 0.2) is 22.7 Å². The topological polar surface area (TPSA) is 67.4 Å². The van der Waals surface area contributed by atoms with Crippen LogP contribution in [0.3, 0.4) is 0 Å². The maximum absolute atomic E-state index is 12.2. The van der Waals surface area contributed by atoms with Gasteiger partial charge in [-0.25, -0.2) is 0 Å². The second kappa shape index (κ2) is 6.93. The fraction of sp³-hybridized carbons (Fsp3) is 0.467. The predicted molar refractivity (Wildman–Crippen MR) is 85.5 cm³/mol. The third kappa shape index (κ3) is 5.38. The largest absolute Gasteiger partial charge is 0.496 e. The summed E-state index contributed by atoms with van der Waals surface area (Å²) in [5.41, 5.74) is 0.0434. The van der Waals surface area contributed by atoms with Crippen LogP contribution in [0, 0.1) is 0 Å². The van der Waals surface area contributed by atoms with Gasteiger partial charge in [-0.1, -0.05) is 15.9 Å². The first-order valence-corrected chi connectivity index (χ1v) is 7.40. The van der Waals surface area contributed by atoms with Gasteiger partial charge in [0.15, 0.2) is 0 Å². The van der Waals surface area contributed by atoms with Gasteiger partial charge in [-0.15, -0.1) is 0 Å². The number of hydrogen-bond donors (Lipinski definition) is 2. The first-order valence-electron chi connectivity index (χ1n) is 6.60. The number of ether oxygens (including phenoxy) is 1. The van der Waals surface area contributed by atoms with Crippen LogP contribution in [-0.2, 0) is 4.79 Å². The molecule has 2 amide bonds. The molecule has 5 nitrogen and oxygen atoms in total. The summed E-state index contributed by atoms with van der Waals surface area (Å²) in [4.78, 5) is 24.2. The predicted octanol–water partition coefficient (Wildman–Crippen LogP) is 2.49. The highest BCUT2D eigenvalue weighted by molar-refractivity contribution is 9.10. The fourth-order valence-electron chi connectivity index (χ4n) is 1.67. The van der Waals surface area contributed by atoms with E-state index in [4.69, 9.17) is 4.74 Å². The van der Waals surface area contributed by atoms with Gasteiger partial charge in [0.1, 0.15) is 11.8 Å². The highest BCUT2D eigenvalue weighted by atomic mass is 79.9. The number of amides is 2. The van der Waals surface area contributed by atoms with E-state index in [0.29, 0.717) is 11.3 Å². The molecule has 0 aliphatic rings. The number of hydrogen-bond acceptors (Lipinski definition) is 3. The van der Waals surface area contributed by atoms with E-state index in [9.17, 15) is 9.59 Å². The summed E-state index contributed by atoms with van der Waals surface area (Å²) in [6.07, 6.45) is 0.